The van der Waals surface area contributed by atoms with E-state index in [0.29, 0.717) is 5.56 Å². The summed E-state index contributed by atoms with van der Waals surface area (Å²) in [6, 6.07) is 13.9. The monoisotopic (exact) mass is 255 g/mol. The van der Waals surface area contributed by atoms with Crippen molar-refractivity contribution in [3.63, 3.8) is 0 Å². The Morgan fingerprint density at radius 2 is 1.68 bits per heavy atom. The maximum absolute atomic E-state index is 13.7. The molecular formula is C17H18FN. The number of nitrogens with zero attached hydrogens (tertiary/aromatic N) is 1. The maximum atomic E-state index is 13.7. The standard InChI is InChI=1S/C17H18FN/c1-13-7-8-15(12-17(13)18)14-5-4-6-16(11-14)19-9-2-3-10-19/h4-8,11-12H,2-3,9-10H2,1H3. The van der Waals surface area contributed by atoms with E-state index in [0.717, 1.165) is 24.2 Å². The van der Waals surface area contributed by atoms with Crippen molar-refractivity contribution >= 4 is 5.69 Å². The molecule has 0 saturated carbocycles. The van der Waals surface area contributed by atoms with Crippen LogP contribution in [0.5, 0.6) is 0 Å². The van der Waals surface area contributed by atoms with Crippen LogP contribution in [0.15, 0.2) is 42.5 Å². The number of aryl methyl sites for hydroxylation is 1. The molecule has 1 nitrogen and oxygen atoms in total. The van der Waals surface area contributed by atoms with Gasteiger partial charge in [-0.15, -0.1) is 0 Å². The first-order valence-electron chi connectivity index (χ1n) is 6.85. The number of hydrogen-bond donors (Lipinski definition) is 0. The summed E-state index contributed by atoms with van der Waals surface area (Å²) in [5.74, 6) is -0.135. The molecule has 2 aromatic rings. The summed E-state index contributed by atoms with van der Waals surface area (Å²) in [5.41, 5.74) is 3.97. The zero-order chi connectivity index (χ0) is 13.2. The van der Waals surface area contributed by atoms with Gasteiger partial charge in [-0.2, -0.15) is 0 Å². The van der Waals surface area contributed by atoms with Gasteiger partial charge in [0.1, 0.15) is 5.82 Å². The lowest BCUT2D eigenvalue weighted by Crippen LogP contribution is -2.17. The number of rotatable bonds is 2. The van der Waals surface area contributed by atoms with Crippen LogP contribution < -0.4 is 4.90 Å². The lowest BCUT2D eigenvalue weighted by molar-refractivity contribution is 0.619. The van der Waals surface area contributed by atoms with Crippen LogP contribution in [0.2, 0.25) is 0 Å². The van der Waals surface area contributed by atoms with Crippen LogP contribution in [-0.4, -0.2) is 13.1 Å². The van der Waals surface area contributed by atoms with Crippen LogP contribution in [0.25, 0.3) is 11.1 Å². The third-order valence-corrected chi connectivity index (χ3v) is 3.82. The van der Waals surface area contributed by atoms with Crippen molar-refractivity contribution in [1.29, 1.82) is 0 Å². The molecule has 1 aliphatic heterocycles. The molecule has 0 spiro atoms. The van der Waals surface area contributed by atoms with Crippen molar-refractivity contribution in [2.24, 2.45) is 0 Å². The fourth-order valence-electron chi connectivity index (χ4n) is 2.63. The van der Waals surface area contributed by atoms with Gasteiger partial charge in [-0.1, -0.05) is 24.3 Å². The molecule has 1 fully saturated rings. The third-order valence-electron chi connectivity index (χ3n) is 3.82. The summed E-state index contributed by atoms with van der Waals surface area (Å²) in [7, 11) is 0. The van der Waals surface area contributed by atoms with Crippen LogP contribution in [0.3, 0.4) is 0 Å². The highest BCUT2D eigenvalue weighted by Crippen LogP contribution is 2.27. The van der Waals surface area contributed by atoms with Gasteiger partial charge in [-0.25, -0.2) is 4.39 Å². The summed E-state index contributed by atoms with van der Waals surface area (Å²) in [5, 5.41) is 0. The molecule has 0 atom stereocenters. The van der Waals surface area contributed by atoms with Gasteiger partial charge in [-0.05, 0) is 54.7 Å². The van der Waals surface area contributed by atoms with Gasteiger partial charge in [0, 0.05) is 18.8 Å². The molecule has 0 N–H and O–H groups in total. The van der Waals surface area contributed by atoms with Gasteiger partial charge in [0.15, 0.2) is 0 Å². The Morgan fingerprint density at radius 1 is 0.947 bits per heavy atom. The van der Waals surface area contributed by atoms with E-state index < -0.39 is 0 Å². The topological polar surface area (TPSA) is 3.24 Å². The van der Waals surface area contributed by atoms with E-state index in [1.54, 1.807) is 13.0 Å². The molecule has 1 aliphatic rings. The van der Waals surface area contributed by atoms with Crippen molar-refractivity contribution in [2.45, 2.75) is 19.8 Å². The minimum atomic E-state index is -0.135. The molecule has 98 valence electrons. The number of halogens is 1. The van der Waals surface area contributed by atoms with Gasteiger partial charge in [-0.3, -0.25) is 0 Å². The number of benzene rings is 2. The van der Waals surface area contributed by atoms with E-state index >= 15 is 0 Å². The molecule has 0 amide bonds. The highest BCUT2D eigenvalue weighted by Gasteiger charge is 2.12. The van der Waals surface area contributed by atoms with Crippen LogP contribution in [0.1, 0.15) is 18.4 Å². The normalized spacial score (nSPS) is 14.9. The smallest absolute Gasteiger partial charge is 0.126 e. The maximum Gasteiger partial charge on any atom is 0.126 e. The Labute approximate surface area is 113 Å². The van der Waals surface area contributed by atoms with Gasteiger partial charge in [0.05, 0.1) is 0 Å². The fourth-order valence-corrected chi connectivity index (χ4v) is 2.63. The molecule has 0 aromatic heterocycles. The van der Waals surface area contributed by atoms with Crippen LogP contribution in [0, 0.1) is 12.7 Å². The van der Waals surface area contributed by atoms with Crippen LogP contribution >= 0.6 is 0 Å². The van der Waals surface area contributed by atoms with Gasteiger partial charge >= 0.3 is 0 Å². The van der Waals surface area contributed by atoms with Crippen molar-refractivity contribution < 1.29 is 4.39 Å². The summed E-state index contributed by atoms with van der Waals surface area (Å²) in [6.07, 6.45) is 2.53. The average molecular weight is 255 g/mol. The predicted octanol–water partition coefficient (Wildman–Crippen LogP) is 4.40. The van der Waals surface area contributed by atoms with Crippen LogP contribution in [0.4, 0.5) is 10.1 Å². The predicted molar refractivity (Wildman–Crippen MR) is 78.0 cm³/mol. The zero-order valence-electron chi connectivity index (χ0n) is 11.2. The molecule has 0 unspecified atom stereocenters. The lowest BCUT2D eigenvalue weighted by atomic mass is 10.0. The Balaban J connectivity index is 1.95. The van der Waals surface area contributed by atoms with E-state index in [9.17, 15) is 4.39 Å². The van der Waals surface area contributed by atoms with E-state index in [2.05, 4.69) is 23.1 Å². The van der Waals surface area contributed by atoms with Crippen molar-refractivity contribution in [3.8, 4) is 11.1 Å². The van der Waals surface area contributed by atoms with E-state index in [4.69, 9.17) is 0 Å². The minimum absolute atomic E-state index is 0.135. The quantitative estimate of drug-likeness (QED) is 0.768. The molecule has 0 bridgehead atoms. The molecule has 1 heterocycles. The zero-order valence-corrected chi connectivity index (χ0v) is 11.2. The summed E-state index contributed by atoms with van der Waals surface area (Å²) in [6.45, 7) is 4.05. The lowest BCUT2D eigenvalue weighted by Gasteiger charge is -2.18. The second kappa shape index (κ2) is 5.04. The summed E-state index contributed by atoms with van der Waals surface area (Å²) in [4.78, 5) is 2.40. The van der Waals surface area contributed by atoms with Gasteiger partial charge in [0.2, 0.25) is 0 Å². The molecule has 2 heteroatoms. The van der Waals surface area contributed by atoms with E-state index in [-0.39, 0.29) is 5.82 Å². The SMILES string of the molecule is Cc1ccc(-c2cccc(N3CCCC3)c2)cc1F. The van der Waals surface area contributed by atoms with Crippen molar-refractivity contribution in [3.05, 3.63) is 53.8 Å². The van der Waals surface area contributed by atoms with Crippen molar-refractivity contribution in [1.82, 2.24) is 0 Å². The Bertz CT molecular complexity index is 586. The molecular weight excluding hydrogens is 237 g/mol. The van der Waals surface area contributed by atoms with E-state index in [1.807, 2.05) is 18.2 Å². The third kappa shape index (κ3) is 2.48. The summed E-state index contributed by atoms with van der Waals surface area (Å²) >= 11 is 0. The van der Waals surface area contributed by atoms with Gasteiger partial charge in [0.25, 0.3) is 0 Å². The highest BCUT2D eigenvalue weighted by atomic mass is 19.1. The molecule has 2 aromatic carbocycles. The molecule has 19 heavy (non-hydrogen) atoms. The first-order chi connectivity index (χ1) is 9.24. The first-order valence-corrected chi connectivity index (χ1v) is 6.85. The highest BCUT2D eigenvalue weighted by molar-refractivity contribution is 5.69. The second-order valence-electron chi connectivity index (χ2n) is 5.21. The fraction of sp³-hybridized carbons (Fsp3) is 0.294. The minimum Gasteiger partial charge on any atom is -0.372 e. The largest absolute Gasteiger partial charge is 0.372 e. The average Bonchev–Trinajstić information content (AvgIpc) is 2.96. The molecule has 3 rings (SSSR count). The Kier molecular flexibility index (Phi) is 3.24. The number of hydrogen-bond acceptors (Lipinski definition) is 1. The van der Waals surface area contributed by atoms with Crippen LogP contribution in [-0.2, 0) is 0 Å². The molecule has 1 saturated heterocycles. The molecule has 0 radical (unpaired) electrons. The second-order valence-corrected chi connectivity index (χ2v) is 5.21. The van der Waals surface area contributed by atoms with E-state index in [1.165, 1.54) is 18.5 Å². The summed E-state index contributed by atoms with van der Waals surface area (Å²) < 4.78 is 13.7. The number of anilines is 1. The Morgan fingerprint density at radius 3 is 2.42 bits per heavy atom. The van der Waals surface area contributed by atoms with Gasteiger partial charge < -0.3 is 4.90 Å². The first kappa shape index (κ1) is 12.2. The van der Waals surface area contributed by atoms with Crippen molar-refractivity contribution in [2.75, 3.05) is 18.0 Å². The molecule has 0 aliphatic carbocycles. The Hall–Kier alpha value is -1.83.